The number of benzene rings is 1. The Labute approximate surface area is 112 Å². The monoisotopic (exact) mass is 262 g/mol. The van der Waals surface area contributed by atoms with Crippen LogP contribution in [0.4, 0.5) is 0 Å². The molecule has 1 heterocycles. The molecule has 2 rings (SSSR count). The fourth-order valence-electron chi connectivity index (χ4n) is 2.06. The largest absolute Gasteiger partial charge is 0.481 e. The topological polar surface area (TPSA) is 78.4 Å². The number of aliphatic carboxylic acids is 1. The molecule has 1 unspecified atom stereocenters. The normalized spacial score (nSPS) is 14.8. The second kappa shape index (κ2) is 5.84. The van der Waals surface area contributed by atoms with Crippen molar-refractivity contribution in [2.75, 3.05) is 6.54 Å². The molecular weight excluding hydrogens is 244 g/mol. The SMILES string of the molecule is CC(CCNC(=O)c1ccc2c(c1)CNC2)C(=O)O. The van der Waals surface area contributed by atoms with Gasteiger partial charge < -0.3 is 15.7 Å². The number of fused-ring (bicyclic) bond motifs is 1. The minimum atomic E-state index is -0.835. The van der Waals surface area contributed by atoms with Crippen LogP contribution >= 0.6 is 0 Å². The van der Waals surface area contributed by atoms with Crippen LogP contribution in [0, 0.1) is 5.92 Å². The van der Waals surface area contributed by atoms with Crippen LogP contribution in [0.2, 0.25) is 0 Å². The highest BCUT2D eigenvalue weighted by atomic mass is 16.4. The number of carboxylic acid groups (broad SMARTS) is 1. The van der Waals surface area contributed by atoms with Crippen LogP contribution in [-0.2, 0) is 17.9 Å². The summed E-state index contributed by atoms with van der Waals surface area (Å²) in [6.07, 6.45) is 0.438. The predicted molar refractivity (Wildman–Crippen MR) is 70.7 cm³/mol. The van der Waals surface area contributed by atoms with E-state index in [9.17, 15) is 9.59 Å². The van der Waals surface area contributed by atoms with Crippen molar-refractivity contribution in [2.45, 2.75) is 26.4 Å². The third-order valence-electron chi connectivity index (χ3n) is 3.38. The molecule has 5 heteroatoms. The molecule has 5 nitrogen and oxygen atoms in total. The summed E-state index contributed by atoms with van der Waals surface area (Å²) in [5.41, 5.74) is 3.02. The van der Waals surface area contributed by atoms with Gasteiger partial charge in [0.2, 0.25) is 0 Å². The zero-order valence-electron chi connectivity index (χ0n) is 10.9. The van der Waals surface area contributed by atoms with Gasteiger partial charge in [0.05, 0.1) is 5.92 Å². The first-order valence-corrected chi connectivity index (χ1v) is 6.41. The molecule has 1 aliphatic rings. The predicted octanol–water partition coefficient (Wildman–Crippen LogP) is 1.13. The van der Waals surface area contributed by atoms with Gasteiger partial charge in [-0.2, -0.15) is 0 Å². The number of carbonyl (C=O) groups excluding carboxylic acids is 1. The lowest BCUT2D eigenvalue weighted by molar-refractivity contribution is -0.141. The minimum Gasteiger partial charge on any atom is -0.481 e. The van der Waals surface area contributed by atoms with Gasteiger partial charge in [-0.25, -0.2) is 0 Å². The standard InChI is InChI=1S/C14H18N2O3/c1-9(14(18)19)4-5-16-13(17)10-2-3-11-7-15-8-12(11)6-10/h2-3,6,9,15H,4-5,7-8H2,1H3,(H,16,17)(H,18,19). The van der Waals surface area contributed by atoms with Gasteiger partial charge in [-0.05, 0) is 29.7 Å². The Hall–Kier alpha value is -1.88. The van der Waals surface area contributed by atoms with Crippen LogP contribution in [0.15, 0.2) is 18.2 Å². The zero-order chi connectivity index (χ0) is 13.8. The molecule has 19 heavy (non-hydrogen) atoms. The smallest absolute Gasteiger partial charge is 0.306 e. The zero-order valence-corrected chi connectivity index (χ0v) is 10.9. The lowest BCUT2D eigenvalue weighted by atomic mass is 10.1. The van der Waals surface area contributed by atoms with Crippen LogP contribution in [0.1, 0.15) is 34.8 Å². The molecule has 102 valence electrons. The molecule has 0 radical (unpaired) electrons. The summed E-state index contributed by atoms with van der Waals surface area (Å²) in [4.78, 5) is 22.6. The van der Waals surface area contributed by atoms with E-state index >= 15 is 0 Å². The molecule has 0 fully saturated rings. The summed E-state index contributed by atoms with van der Waals surface area (Å²) in [5.74, 6) is -1.42. The molecule has 0 saturated carbocycles. The second-order valence-corrected chi connectivity index (χ2v) is 4.87. The highest BCUT2D eigenvalue weighted by Gasteiger charge is 2.14. The fourth-order valence-corrected chi connectivity index (χ4v) is 2.06. The van der Waals surface area contributed by atoms with Crippen molar-refractivity contribution >= 4 is 11.9 Å². The maximum absolute atomic E-state index is 11.9. The maximum Gasteiger partial charge on any atom is 0.306 e. The summed E-state index contributed by atoms with van der Waals surface area (Å²) in [6, 6.07) is 5.66. The van der Waals surface area contributed by atoms with E-state index in [4.69, 9.17) is 5.11 Å². The number of hydrogen-bond acceptors (Lipinski definition) is 3. The van der Waals surface area contributed by atoms with E-state index in [1.165, 1.54) is 5.56 Å². The van der Waals surface area contributed by atoms with Gasteiger partial charge >= 0.3 is 5.97 Å². The summed E-state index contributed by atoms with van der Waals surface area (Å²) >= 11 is 0. The van der Waals surface area contributed by atoms with Gasteiger partial charge in [-0.15, -0.1) is 0 Å². The van der Waals surface area contributed by atoms with Crippen molar-refractivity contribution in [3.8, 4) is 0 Å². The van der Waals surface area contributed by atoms with Crippen molar-refractivity contribution < 1.29 is 14.7 Å². The number of carbonyl (C=O) groups is 2. The van der Waals surface area contributed by atoms with Crippen LogP contribution in [0.5, 0.6) is 0 Å². The first kappa shape index (κ1) is 13.5. The molecule has 0 aromatic heterocycles. The number of hydrogen-bond donors (Lipinski definition) is 3. The first-order valence-electron chi connectivity index (χ1n) is 6.41. The van der Waals surface area contributed by atoms with Gasteiger partial charge in [0.15, 0.2) is 0 Å². The molecule has 1 aromatic rings. The Bertz CT molecular complexity index is 499. The van der Waals surface area contributed by atoms with Gasteiger partial charge in [0.25, 0.3) is 5.91 Å². The number of carboxylic acids is 1. The Kier molecular flexibility index (Phi) is 4.16. The van der Waals surface area contributed by atoms with E-state index in [-0.39, 0.29) is 5.91 Å². The van der Waals surface area contributed by atoms with E-state index in [0.29, 0.717) is 18.5 Å². The van der Waals surface area contributed by atoms with Crippen molar-refractivity contribution in [3.05, 3.63) is 34.9 Å². The van der Waals surface area contributed by atoms with Crippen molar-refractivity contribution in [1.29, 1.82) is 0 Å². The Balaban J connectivity index is 1.88. The van der Waals surface area contributed by atoms with E-state index in [2.05, 4.69) is 10.6 Å². The van der Waals surface area contributed by atoms with Crippen molar-refractivity contribution in [3.63, 3.8) is 0 Å². The first-order chi connectivity index (χ1) is 9.08. The summed E-state index contributed by atoms with van der Waals surface area (Å²) in [6.45, 7) is 3.66. The third kappa shape index (κ3) is 3.32. The van der Waals surface area contributed by atoms with E-state index in [1.807, 2.05) is 18.2 Å². The van der Waals surface area contributed by atoms with Crippen LogP contribution < -0.4 is 10.6 Å². The molecule has 0 spiro atoms. The Morgan fingerprint density at radius 3 is 2.84 bits per heavy atom. The molecule has 1 amide bonds. The highest BCUT2D eigenvalue weighted by Crippen LogP contribution is 2.16. The quantitative estimate of drug-likeness (QED) is 0.743. The summed E-state index contributed by atoms with van der Waals surface area (Å²) < 4.78 is 0. The minimum absolute atomic E-state index is 0.146. The number of nitrogens with one attached hydrogen (secondary N) is 2. The lowest BCUT2D eigenvalue weighted by Gasteiger charge is -2.08. The second-order valence-electron chi connectivity index (χ2n) is 4.87. The van der Waals surface area contributed by atoms with Crippen LogP contribution in [0.3, 0.4) is 0 Å². The average molecular weight is 262 g/mol. The van der Waals surface area contributed by atoms with Crippen LogP contribution in [0.25, 0.3) is 0 Å². The van der Waals surface area contributed by atoms with Gasteiger partial charge in [0, 0.05) is 25.2 Å². The number of amides is 1. The Morgan fingerprint density at radius 1 is 1.37 bits per heavy atom. The lowest BCUT2D eigenvalue weighted by Crippen LogP contribution is -2.27. The van der Waals surface area contributed by atoms with Crippen LogP contribution in [-0.4, -0.2) is 23.5 Å². The molecule has 0 aliphatic carbocycles. The molecule has 1 aliphatic heterocycles. The molecule has 0 bridgehead atoms. The molecule has 0 saturated heterocycles. The molecule has 3 N–H and O–H groups in total. The van der Waals surface area contributed by atoms with E-state index < -0.39 is 11.9 Å². The van der Waals surface area contributed by atoms with E-state index in [0.717, 1.165) is 18.7 Å². The molecular formula is C14H18N2O3. The van der Waals surface area contributed by atoms with Crippen molar-refractivity contribution in [1.82, 2.24) is 10.6 Å². The maximum atomic E-state index is 11.9. The van der Waals surface area contributed by atoms with Gasteiger partial charge in [0.1, 0.15) is 0 Å². The average Bonchev–Trinajstić information content (AvgIpc) is 2.85. The summed E-state index contributed by atoms with van der Waals surface area (Å²) in [7, 11) is 0. The highest BCUT2D eigenvalue weighted by molar-refractivity contribution is 5.94. The van der Waals surface area contributed by atoms with E-state index in [1.54, 1.807) is 6.92 Å². The Morgan fingerprint density at radius 2 is 2.11 bits per heavy atom. The third-order valence-corrected chi connectivity index (χ3v) is 3.38. The number of rotatable bonds is 5. The molecule has 1 atom stereocenters. The summed E-state index contributed by atoms with van der Waals surface area (Å²) in [5, 5.41) is 14.7. The van der Waals surface area contributed by atoms with Gasteiger partial charge in [-0.3, -0.25) is 9.59 Å². The fraction of sp³-hybridized carbons (Fsp3) is 0.429. The molecule has 1 aromatic carbocycles. The van der Waals surface area contributed by atoms with Crippen molar-refractivity contribution in [2.24, 2.45) is 5.92 Å². The van der Waals surface area contributed by atoms with Gasteiger partial charge in [-0.1, -0.05) is 13.0 Å².